The van der Waals surface area contributed by atoms with E-state index in [0.29, 0.717) is 18.8 Å². The highest BCUT2D eigenvalue weighted by molar-refractivity contribution is 5.91. The van der Waals surface area contributed by atoms with Crippen LogP contribution in [0.4, 0.5) is 4.79 Å². The van der Waals surface area contributed by atoms with Crippen LogP contribution in [0.1, 0.15) is 44.2 Å². The molecule has 0 fully saturated rings. The van der Waals surface area contributed by atoms with Crippen LogP contribution in [-0.2, 0) is 27.4 Å². The molecule has 9 nitrogen and oxygen atoms in total. The quantitative estimate of drug-likeness (QED) is 0.489. The van der Waals surface area contributed by atoms with Gasteiger partial charge in [-0.1, -0.05) is 56.3 Å². The molecule has 37 heavy (non-hydrogen) atoms. The lowest BCUT2D eigenvalue weighted by molar-refractivity contribution is -0.131. The molecule has 4 rings (SSSR count). The Labute approximate surface area is 217 Å². The summed E-state index contributed by atoms with van der Waals surface area (Å²) in [7, 11) is 0. The molecule has 2 aliphatic rings. The third-order valence-corrected chi connectivity index (χ3v) is 6.21. The largest absolute Gasteiger partial charge is 0.494 e. The number of alkyl carbamates (subject to hydrolysis) is 1. The lowest BCUT2D eigenvalue weighted by Crippen LogP contribution is -2.57. The number of nitrogens with one attached hydrogen (secondary N) is 3. The molecule has 0 aliphatic carbocycles. The van der Waals surface area contributed by atoms with Crippen molar-refractivity contribution in [1.82, 2.24) is 16.0 Å². The Kier molecular flexibility index (Phi) is 10.8. The number of carbonyl (C=O) groups is 3. The highest BCUT2D eigenvalue weighted by Crippen LogP contribution is 2.16. The Morgan fingerprint density at radius 3 is 2.46 bits per heavy atom. The molecule has 2 aliphatic heterocycles. The minimum Gasteiger partial charge on any atom is -0.494 e. The van der Waals surface area contributed by atoms with E-state index in [4.69, 9.17) is 9.47 Å². The van der Waals surface area contributed by atoms with Gasteiger partial charge in [0.1, 0.15) is 24.4 Å². The number of aliphatic hydroxyl groups excluding tert-OH is 1. The first-order valence-corrected chi connectivity index (χ1v) is 12.8. The summed E-state index contributed by atoms with van der Waals surface area (Å²) < 4.78 is 11.1. The normalized spacial score (nSPS) is 21.4. The first kappa shape index (κ1) is 28.0. The molecule has 2 heterocycles. The van der Waals surface area contributed by atoms with E-state index in [1.807, 2.05) is 68.4 Å². The van der Waals surface area contributed by atoms with Crippen molar-refractivity contribution in [2.75, 3.05) is 13.2 Å². The third kappa shape index (κ3) is 9.09. The molecule has 3 amide bonds. The van der Waals surface area contributed by atoms with Gasteiger partial charge in [0.25, 0.3) is 0 Å². The van der Waals surface area contributed by atoms with Gasteiger partial charge in [0.2, 0.25) is 11.8 Å². The van der Waals surface area contributed by atoms with E-state index in [9.17, 15) is 19.5 Å². The van der Waals surface area contributed by atoms with Gasteiger partial charge in [-0.25, -0.2) is 4.79 Å². The molecule has 0 saturated heterocycles. The van der Waals surface area contributed by atoms with Crippen molar-refractivity contribution in [2.24, 2.45) is 5.92 Å². The second kappa shape index (κ2) is 14.2. The minimum atomic E-state index is -0.978. The fourth-order valence-electron chi connectivity index (χ4n) is 4.05. The topological polar surface area (TPSA) is 126 Å². The molecule has 9 heteroatoms. The zero-order valence-electron chi connectivity index (χ0n) is 21.4. The van der Waals surface area contributed by atoms with E-state index in [-0.39, 0.29) is 31.5 Å². The number of hydrogen-bond acceptors (Lipinski definition) is 6. The smallest absolute Gasteiger partial charge is 0.408 e. The molecule has 3 atom stereocenters. The van der Waals surface area contributed by atoms with Gasteiger partial charge in [-0.3, -0.25) is 9.59 Å². The van der Waals surface area contributed by atoms with Gasteiger partial charge < -0.3 is 30.5 Å². The first-order valence-electron chi connectivity index (χ1n) is 12.8. The van der Waals surface area contributed by atoms with Crippen LogP contribution in [0.5, 0.6) is 5.75 Å². The van der Waals surface area contributed by atoms with Crippen LogP contribution in [0.2, 0.25) is 0 Å². The predicted octanol–water partition coefficient (Wildman–Crippen LogP) is 2.70. The van der Waals surface area contributed by atoms with Crippen LogP contribution in [0.15, 0.2) is 54.6 Å². The van der Waals surface area contributed by atoms with E-state index in [1.165, 1.54) is 0 Å². The molecule has 4 N–H and O–H groups in total. The van der Waals surface area contributed by atoms with Gasteiger partial charge in [-0.2, -0.15) is 0 Å². The van der Waals surface area contributed by atoms with E-state index in [0.717, 1.165) is 24.0 Å². The second-order valence-corrected chi connectivity index (χ2v) is 9.57. The second-order valence-electron chi connectivity index (χ2n) is 9.57. The number of aliphatic hydroxyl groups is 1. The van der Waals surface area contributed by atoms with Crippen LogP contribution in [0.25, 0.3) is 0 Å². The van der Waals surface area contributed by atoms with Crippen LogP contribution in [0.3, 0.4) is 0 Å². The fourth-order valence-corrected chi connectivity index (χ4v) is 4.05. The lowest BCUT2D eigenvalue weighted by atomic mass is 10.0. The van der Waals surface area contributed by atoms with Crippen molar-refractivity contribution in [2.45, 2.75) is 64.3 Å². The number of carbonyl (C=O) groups excluding carboxylic acids is 3. The molecule has 2 bridgehead atoms. The zero-order chi connectivity index (χ0) is 26.6. The summed E-state index contributed by atoms with van der Waals surface area (Å²) in [5, 5.41) is 18.0. The molecule has 2 aromatic rings. The van der Waals surface area contributed by atoms with E-state index < -0.39 is 30.1 Å². The monoisotopic (exact) mass is 511 g/mol. The number of hydrogen-bond donors (Lipinski definition) is 4. The number of amides is 3. The summed E-state index contributed by atoms with van der Waals surface area (Å²) in [6.07, 6.45) is 1.58. The standard InChI is InChI=1S/C28H37N3O6/c1-19(2)25-27(34)29-22(17-32)10-6-7-15-36-23-13-11-20(12-14-23)16-24(26(33)31-25)30-28(35)37-18-21-8-4-3-5-9-21/h3-5,8-9,11-14,19,22,24-25,32H,6-7,10,15-18H2,1-2H3,(H,29,34)(H,30,35)(H,31,33)/t22-,24-,25-/m0/s1. The number of benzene rings is 2. The Hall–Kier alpha value is -3.59. The Bertz CT molecular complexity index is 1010. The van der Waals surface area contributed by atoms with Gasteiger partial charge in [-0.05, 0) is 48.4 Å². The van der Waals surface area contributed by atoms with Crippen LogP contribution in [0, 0.1) is 5.92 Å². The van der Waals surface area contributed by atoms with Crippen molar-refractivity contribution in [3.05, 3.63) is 65.7 Å². The number of rotatable bonds is 5. The molecule has 200 valence electrons. The molecular formula is C28H37N3O6. The first-order chi connectivity index (χ1) is 17.9. The molecule has 0 unspecified atom stereocenters. The zero-order valence-corrected chi connectivity index (χ0v) is 21.4. The van der Waals surface area contributed by atoms with Crippen molar-refractivity contribution >= 4 is 17.9 Å². The maximum absolute atomic E-state index is 13.4. The van der Waals surface area contributed by atoms with Gasteiger partial charge in [0, 0.05) is 6.42 Å². The summed E-state index contributed by atoms with van der Waals surface area (Å²) in [6.45, 7) is 4.02. The molecule has 2 aromatic carbocycles. The molecule has 0 radical (unpaired) electrons. The van der Waals surface area contributed by atoms with E-state index in [1.54, 1.807) is 0 Å². The van der Waals surface area contributed by atoms with Crippen LogP contribution in [-0.4, -0.2) is 54.4 Å². The fraction of sp³-hybridized carbons (Fsp3) is 0.464. The van der Waals surface area contributed by atoms with Crippen molar-refractivity contribution in [1.29, 1.82) is 0 Å². The lowest BCUT2D eigenvalue weighted by Gasteiger charge is -2.27. The summed E-state index contributed by atoms with van der Waals surface area (Å²) in [4.78, 5) is 39.0. The maximum atomic E-state index is 13.4. The maximum Gasteiger partial charge on any atom is 0.408 e. The van der Waals surface area contributed by atoms with Crippen molar-refractivity contribution < 1.29 is 29.0 Å². The average Bonchev–Trinajstić information content (AvgIpc) is 2.90. The summed E-state index contributed by atoms with van der Waals surface area (Å²) >= 11 is 0. The average molecular weight is 512 g/mol. The van der Waals surface area contributed by atoms with E-state index in [2.05, 4.69) is 16.0 Å². The summed E-state index contributed by atoms with van der Waals surface area (Å²) in [5.41, 5.74) is 1.63. The third-order valence-electron chi connectivity index (χ3n) is 6.21. The minimum absolute atomic E-state index is 0.0621. The highest BCUT2D eigenvalue weighted by Gasteiger charge is 2.30. The number of ether oxygens (including phenoxy) is 2. The van der Waals surface area contributed by atoms with Crippen LogP contribution < -0.4 is 20.7 Å². The van der Waals surface area contributed by atoms with Crippen molar-refractivity contribution in [3.63, 3.8) is 0 Å². The summed E-state index contributed by atoms with van der Waals surface area (Å²) in [5.74, 6) is -0.395. The van der Waals surface area contributed by atoms with Gasteiger partial charge in [0.15, 0.2) is 0 Å². The molecule has 0 saturated carbocycles. The predicted molar refractivity (Wildman–Crippen MR) is 139 cm³/mol. The van der Waals surface area contributed by atoms with Gasteiger partial charge in [-0.15, -0.1) is 0 Å². The highest BCUT2D eigenvalue weighted by atomic mass is 16.5. The van der Waals surface area contributed by atoms with Crippen LogP contribution >= 0.6 is 0 Å². The Balaban J connectivity index is 1.78. The number of fused-ring (bicyclic) bond motifs is 14. The SMILES string of the molecule is CC(C)[C@@H]1NC(=O)[C@@H](NC(=O)OCc2ccccc2)Cc2ccc(cc2)OCCCC[C@@H](CO)NC1=O. The van der Waals surface area contributed by atoms with Crippen molar-refractivity contribution in [3.8, 4) is 5.75 Å². The Morgan fingerprint density at radius 2 is 1.78 bits per heavy atom. The van der Waals surface area contributed by atoms with Gasteiger partial charge >= 0.3 is 6.09 Å². The molecular weight excluding hydrogens is 474 g/mol. The molecule has 0 spiro atoms. The molecule has 0 aromatic heterocycles. The van der Waals surface area contributed by atoms with E-state index >= 15 is 0 Å². The van der Waals surface area contributed by atoms with Gasteiger partial charge in [0.05, 0.1) is 19.3 Å². The summed E-state index contributed by atoms with van der Waals surface area (Å²) in [6, 6.07) is 14.3. The Morgan fingerprint density at radius 1 is 1.05 bits per heavy atom.